The molecule has 2 aliphatic rings. The zero-order chi connectivity index (χ0) is 17.8. The summed E-state index contributed by atoms with van der Waals surface area (Å²) in [6.07, 6.45) is 0. The number of aromatic amines is 1. The second kappa shape index (κ2) is 5.16. The number of esters is 1. The van der Waals surface area contributed by atoms with Gasteiger partial charge in [-0.3, -0.25) is 4.79 Å². The zero-order valence-electron chi connectivity index (χ0n) is 13.4. The van der Waals surface area contributed by atoms with Crippen molar-refractivity contribution in [2.24, 2.45) is 4.99 Å². The Morgan fingerprint density at radius 1 is 1.00 bits per heavy atom. The number of nitrogens with one attached hydrogen (secondary N) is 1. The molecule has 1 aromatic heterocycles. The molecule has 0 bridgehead atoms. The molecule has 0 spiro atoms. The van der Waals surface area contributed by atoms with Crippen LogP contribution in [-0.2, 0) is 11.3 Å². The lowest BCUT2D eigenvalue weighted by Crippen LogP contribution is -1.99. The van der Waals surface area contributed by atoms with Crippen molar-refractivity contribution in [1.82, 2.24) is 4.98 Å². The monoisotopic (exact) mass is 344 g/mol. The van der Waals surface area contributed by atoms with E-state index in [1.165, 1.54) is 0 Å². The van der Waals surface area contributed by atoms with Crippen LogP contribution in [0.1, 0.15) is 37.4 Å². The third-order valence-corrected chi connectivity index (χ3v) is 4.66. The number of carbonyl (C=O) groups is 2. The molecule has 2 aromatic carbocycles. The second-order valence-corrected chi connectivity index (χ2v) is 6.18. The third-order valence-electron chi connectivity index (χ3n) is 4.66. The normalized spacial score (nSPS) is 14.8. The molecule has 3 aromatic rings. The average Bonchev–Trinajstić information content (AvgIpc) is 3.31. The van der Waals surface area contributed by atoms with Gasteiger partial charge in [0.05, 0.1) is 28.1 Å². The van der Waals surface area contributed by atoms with E-state index in [1.54, 1.807) is 18.2 Å². The lowest BCUT2D eigenvalue weighted by atomic mass is 9.98. The van der Waals surface area contributed by atoms with Gasteiger partial charge in [0.15, 0.2) is 5.88 Å². The summed E-state index contributed by atoms with van der Waals surface area (Å²) in [7, 11) is 0. The number of ether oxygens (including phenoxy) is 1. The number of benzene rings is 2. The minimum absolute atomic E-state index is 0.101. The molecule has 0 aliphatic carbocycles. The van der Waals surface area contributed by atoms with Crippen LogP contribution < -0.4 is 0 Å². The maximum Gasteiger partial charge on any atom is 0.338 e. The van der Waals surface area contributed by atoms with Crippen molar-refractivity contribution in [2.45, 2.75) is 6.61 Å². The molecular formula is C20H12N2O4. The van der Waals surface area contributed by atoms with Crippen LogP contribution in [0, 0.1) is 0 Å². The number of rotatable bonds is 2. The van der Waals surface area contributed by atoms with Gasteiger partial charge in [0.2, 0.25) is 0 Å². The molecule has 0 radical (unpaired) electrons. The summed E-state index contributed by atoms with van der Waals surface area (Å²) in [5.74, 6) is -0.855. The van der Waals surface area contributed by atoms with E-state index in [4.69, 9.17) is 4.74 Å². The predicted octanol–water partition coefficient (Wildman–Crippen LogP) is 3.05. The number of hydrogen-bond donors (Lipinski definition) is 2. The number of aliphatic imine (C=N–C) groups is 1. The van der Waals surface area contributed by atoms with Crippen molar-refractivity contribution in [3.05, 3.63) is 76.3 Å². The number of aromatic hydroxyl groups is 1. The molecule has 0 unspecified atom stereocenters. The predicted molar refractivity (Wildman–Crippen MR) is 93.4 cm³/mol. The summed E-state index contributed by atoms with van der Waals surface area (Å²) in [5.41, 5.74) is 4.41. The van der Waals surface area contributed by atoms with Crippen molar-refractivity contribution in [1.29, 1.82) is 0 Å². The highest BCUT2D eigenvalue weighted by atomic mass is 16.5. The molecular weight excluding hydrogens is 332 g/mol. The van der Waals surface area contributed by atoms with Gasteiger partial charge >= 0.3 is 5.97 Å². The van der Waals surface area contributed by atoms with E-state index >= 15 is 0 Å². The first-order chi connectivity index (χ1) is 12.6. The van der Waals surface area contributed by atoms with Gasteiger partial charge in [-0.1, -0.05) is 36.4 Å². The topological polar surface area (TPSA) is 91.8 Å². The number of hydrogen-bond acceptors (Lipinski definition) is 4. The van der Waals surface area contributed by atoms with Crippen LogP contribution in [0.15, 0.2) is 53.5 Å². The first-order valence-corrected chi connectivity index (χ1v) is 8.07. The first-order valence-electron chi connectivity index (χ1n) is 8.07. The van der Waals surface area contributed by atoms with Crippen LogP contribution in [0.5, 0.6) is 5.88 Å². The molecule has 0 atom stereocenters. The largest absolute Gasteiger partial charge is 0.494 e. The maximum atomic E-state index is 12.5. The number of cyclic esters (lactones) is 1. The molecule has 2 aliphatic heterocycles. The lowest BCUT2D eigenvalue weighted by Gasteiger charge is -2.02. The van der Waals surface area contributed by atoms with Gasteiger partial charge in [-0.2, -0.15) is 0 Å². The van der Waals surface area contributed by atoms with E-state index in [0.717, 1.165) is 11.1 Å². The Morgan fingerprint density at radius 3 is 2.62 bits per heavy atom. The fraction of sp³-hybridized carbons (Fsp3) is 0.0500. The number of H-pyrrole nitrogens is 1. The van der Waals surface area contributed by atoms with Gasteiger partial charge in [0, 0.05) is 11.1 Å². The summed E-state index contributed by atoms with van der Waals surface area (Å²) in [4.78, 5) is 31.2. The Balaban J connectivity index is 1.66. The average molecular weight is 344 g/mol. The second-order valence-electron chi connectivity index (χ2n) is 6.18. The Bertz CT molecular complexity index is 1130. The Kier molecular flexibility index (Phi) is 2.91. The smallest absolute Gasteiger partial charge is 0.338 e. The van der Waals surface area contributed by atoms with Crippen LogP contribution in [0.4, 0.5) is 0 Å². The van der Waals surface area contributed by atoms with E-state index in [9.17, 15) is 14.7 Å². The standard InChI is InChI=1S/C20H12N2O4/c23-18-14-15(19(24)21-16(14)10-4-2-1-3-5-10)17(22-18)11-6-7-13-12(8-11)9-26-20(13)25/h1-8,22-23H,9H2. The Labute approximate surface area is 147 Å². The first kappa shape index (κ1) is 14.7. The fourth-order valence-electron chi connectivity index (χ4n) is 3.45. The van der Waals surface area contributed by atoms with E-state index < -0.39 is 5.91 Å². The quantitative estimate of drug-likeness (QED) is 0.699. The van der Waals surface area contributed by atoms with Gasteiger partial charge in [-0.05, 0) is 17.7 Å². The summed E-state index contributed by atoms with van der Waals surface area (Å²) in [5, 5.41) is 10.4. The minimum atomic E-state index is -0.404. The lowest BCUT2D eigenvalue weighted by molar-refractivity contribution is 0.0535. The summed E-state index contributed by atoms with van der Waals surface area (Å²) in [6.45, 7) is 0.205. The highest BCUT2D eigenvalue weighted by Gasteiger charge is 2.34. The number of fused-ring (bicyclic) bond motifs is 2. The summed E-state index contributed by atoms with van der Waals surface area (Å²) in [6, 6.07) is 14.4. The molecule has 2 N–H and O–H groups in total. The van der Waals surface area contributed by atoms with E-state index in [-0.39, 0.29) is 18.5 Å². The van der Waals surface area contributed by atoms with Gasteiger partial charge in [0.1, 0.15) is 6.61 Å². The number of nitrogens with zero attached hydrogens (tertiary/aromatic N) is 1. The summed E-state index contributed by atoms with van der Waals surface area (Å²) >= 11 is 0. The molecule has 0 fully saturated rings. The van der Waals surface area contributed by atoms with Crippen molar-refractivity contribution >= 4 is 17.6 Å². The molecule has 1 amide bonds. The molecule has 3 heterocycles. The molecule has 6 nitrogen and oxygen atoms in total. The number of amides is 1. The highest BCUT2D eigenvalue weighted by Crippen LogP contribution is 2.38. The number of aromatic nitrogens is 1. The zero-order valence-corrected chi connectivity index (χ0v) is 13.4. The van der Waals surface area contributed by atoms with Crippen molar-refractivity contribution < 1.29 is 19.4 Å². The molecule has 5 rings (SSSR count). The maximum absolute atomic E-state index is 12.5. The molecule has 0 saturated carbocycles. The molecule has 6 heteroatoms. The van der Waals surface area contributed by atoms with Crippen molar-refractivity contribution in [2.75, 3.05) is 0 Å². The minimum Gasteiger partial charge on any atom is -0.494 e. The van der Waals surface area contributed by atoms with Gasteiger partial charge in [0.25, 0.3) is 5.91 Å². The van der Waals surface area contributed by atoms with E-state index in [0.29, 0.717) is 33.7 Å². The Hall–Kier alpha value is -3.67. The van der Waals surface area contributed by atoms with E-state index in [2.05, 4.69) is 9.98 Å². The van der Waals surface area contributed by atoms with Gasteiger partial charge in [-0.15, -0.1) is 0 Å². The third kappa shape index (κ3) is 1.96. The van der Waals surface area contributed by atoms with Crippen LogP contribution in [0.3, 0.4) is 0 Å². The van der Waals surface area contributed by atoms with Gasteiger partial charge < -0.3 is 14.8 Å². The van der Waals surface area contributed by atoms with Crippen LogP contribution in [-0.4, -0.2) is 27.7 Å². The number of carbonyl (C=O) groups excluding carboxylic acids is 2. The van der Waals surface area contributed by atoms with Crippen molar-refractivity contribution in [3.63, 3.8) is 0 Å². The van der Waals surface area contributed by atoms with Crippen LogP contribution >= 0.6 is 0 Å². The van der Waals surface area contributed by atoms with Crippen molar-refractivity contribution in [3.8, 4) is 17.1 Å². The SMILES string of the molecule is O=C1OCc2cc(-c3[nH]c(O)c4c3C(=O)N=C4c3ccccc3)ccc21. The summed E-state index contributed by atoms with van der Waals surface area (Å²) < 4.78 is 5.02. The highest BCUT2D eigenvalue weighted by molar-refractivity contribution is 6.30. The van der Waals surface area contributed by atoms with E-state index in [1.807, 2.05) is 30.3 Å². The fourth-order valence-corrected chi connectivity index (χ4v) is 3.45. The van der Waals surface area contributed by atoms with Crippen LogP contribution in [0.25, 0.3) is 11.3 Å². The molecule has 0 saturated heterocycles. The molecule has 126 valence electrons. The molecule has 26 heavy (non-hydrogen) atoms. The Morgan fingerprint density at radius 2 is 1.81 bits per heavy atom. The van der Waals surface area contributed by atoms with Crippen LogP contribution in [0.2, 0.25) is 0 Å². The van der Waals surface area contributed by atoms with Gasteiger partial charge in [-0.25, -0.2) is 9.79 Å².